The van der Waals surface area contributed by atoms with Gasteiger partial charge in [-0.25, -0.2) is 9.18 Å². The lowest BCUT2D eigenvalue weighted by atomic mass is 9.85. The molecule has 190 valence electrons. The molecule has 11 heteroatoms. The Labute approximate surface area is 199 Å². The maximum atomic E-state index is 13.7. The first kappa shape index (κ1) is 26.1. The summed E-state index contributed by atoms with van der Waals surface area (Å²) in [4.78, 5) is 26.8. The van der Waals surface area contributed by atoms with Gasteiger partial charge in [0.15, 0.2) is 11.5 Å². The van der Waals surface area contributed by atoms with Crippen LogP contribution in [0.5, 0.6) is 11.5 Å². The van der Waals surface area contributed by atoms with Gasteiger partial charge in [-0.2, -0.15) is 13.2 Å². The second-order valence-electron chi connectivity index (χ2n) is 8.05. The zero-order chi connectivity index (χ0) is 25.9. The van der Waals surface area contributed by atoms with Crippen LogP contribution in [0.3, 0.4) is 0 Å². The van der Waals surface area contributed by atoms with Crippen LogP contribution in [-0.2, 0) is 10.9 Å². The molecule has 35 heavy (non-hydrogen) atoms. The van der Waals surface area contributed by atoms with Crippen LogP contribution in [0.15, 0.2) is 30.3 Å². The minimum absolute atomic E-state index is 0.0280. The van der Waals surface area contributed by atoms with Crippen molar-refractivity contribution < 1.29 is 41.4 Å². The highest BCUT2D eigenvalue weighted by Gasteiger charge is 2.36. The number of nitrogens with zero attached hydrogens (tertiary/aromatic N) is 1. The van der Waals surface area contributed by atoms with Crippen molar-refractivity contribution in [2.24, 2.45) is 0 Å². The first-order valence-corrected chi connectivity index (χ1v) is 10.9. The topological polar surface area (TPSA) is 77.1 Å². The van der Waals surface area contributed by atoms with Crippen molar-refractivity contribution in [2.45, 2.75) is 38.4 Å². The molecule has 0 spiro atoms. The first-order valence-electron chi connectivity index (χ1n) is 10.9. The number of hydrogen-bond acceptors (Lipinski definition) is 5. The quantitative estimate of drug-likeness (QED) is 0.559. The predicted molar refractivity (Wildman–Crippen MR) is 120 cm³/mol. The smallest absolute Gasteiger partial charge is 0.416 e. The molecule has 0 saturated carbocycles. The molecular formula is C24H26F4N2O5. The van der Waals surface area contributed by atoms with Gasteiger partial charge >= 0.3 is 12.3 Å². The second-order valence-corrected chi connectivity index (χ2v) is 8.05. The summed E-state index contributed by atoms with van der Waals surface area (Å²) in [5.74, 6) is -1.55. The number of carbonyl (C=O) groups excluding carboxylic acids is 2. The molecule has 3 rings (SSSR count). The van der Waals surface area contributed by atoms with Crippen LogP contribution in [0.4, 0.5) is 28.0 Å². The minimum Gasteiger partial charge on any atom is -0.493 e. The Hall–Kier alpha value is -3.50. The third-order valence-corrected chi connectivity index (χ3v) is 5.76. The molecule has 1 aliphatic rings. The van der Waals surface area contributed by atoms with Crippen LogP contribution in [0.25, 0.3) is 0 Å². The van der Waals surface area contributed by atoms with Crippen LogP contribution in [0.2, 0.25) is 0 Å². The summed E-state index contributed by atoms with van der Waals surface area (Å²) in [6, 6.07) is 4.68. The summed E-state index contributed by atoms with van der Waals surface area (Å²) in [6.07, 6.45) is -4.92. The van der Waals surface area contributed by atoms with E-state index < -0.39 is 35.1 Å². The molecule has 1 aliphatic heterocycles. The van der Waals surface area contributed by atoms with Crippen molar-refractivity contribution >= 4 is 17.7 Å². The molecule has 0 radical (unpaired) electrons. The average Bonchev–Trinajstić information content (AvgIpc) is 2.80. The Morgan fingerprint density at radius 2 is 1.74 bits per heavy atom. The van der Waals surface area contributed by atoms with Crippen LogP contribution in [0.1, 0.15) is 47.7 Å². The number of fused-ring (bicyclic) bond motifs is 1. The average molecular weight is 498 g/mol. The number of anilines is 1. The molecule has 0 aromatic heterocycles. The number of carbonyl (C=O) groups is 2. The highest BCUT2D eigenvalue weighted by Crippen LogP contribution is 2.44. The fourth-order valence-electron chi connectivity index (χ4n) is 4.17. The second kappa shape index (κ2) is 10.4. The van der Waals surface area contributed by atoms with Gasteiger partial charge in [-0.05, 0) is 50.1 Å². The fourth-order valence-corrected chi connectivity index (χ4v) is 4.17. The molecule has 0 saturated heterocycles. The molecule has 2 aromatic rings. The molecule has 2 aromatic carbocycles. The van der Waals surface area contributed by atoms with Gasteiger partial charge in [0.1, 0.15) is 5.82 Å². The van der Waals surface area contributed by atoms with Gasteiger partial charge in [-0.15, -0.1) is 0 Å². The molecule has 2 amide bonds. The molecule has 7 nitrogen and oxygen atoms in total. The molecule has 1 N–H and O–H groups in total. The van der Waals surface area contributed by atoms with E-state index in [4.69, 9.17) is 14.2 Å². The SMILES string of the molecule is CCOC(=O)N1c2cc(OC)c(OC)cc2C(CNC(=O)c2cc(F)cc(C(F)(F)F)c2)CC1C. The van der Waals surface area contributed by atoms with Gasteiger partial charge < -0.3 is 19.5 Å². The lowest BCUT2D eigenvalue weighted by molar-refractivity contribution is -0.137. The Morgan fingerprint density at radius 3 is 2.34 bits per heavy atom. The number of methoxy groups -OCH3 is 2. The van der Waals surface area contributed by atoms with E-state index in [1.165, 1.54) is 19.1 Å². The van der Waals surface area contributed by atoms with Crippen LogP contribution in [-0.4, -0.2) is 45.4 Å². The largest absolute Gasteiger partial charge is 0.493 e. The van der Waals surface area contributed by atoms with Gasteiger partial charge in [0.25, 0.3) is 5.91 Å². The number of amides is 2. The molecule has 0 aliphatic carbocycles. The van der Waals surface area contributed by atoms with E-state index in [0.717, 1.165) is 6.07 Å². The van der Waals surface area contributed by atoms with Crippen LogP contribution < -0.4 is 19.7 Å². The van der Waals surface area contributed by atoms with Gasteiger partial charge in [0.05, 0.1) is 32.1 Å². The van der Waals surface area contributed by atoms with Crippen LogP contribution in [0, 0.1) is 5.82 Å². The van der Waals surface area contributed by atoms with Crippen molar-refractivity contribution in [1.82, 2.24) is 5.32 Å². The number of hydrogen-bond donors (Lipinski definition) is 1. The Kier molecular flexibility index (Phi) is 7.76. The van der Waals surface area contributed by atoms with E-state index in [0.29, 0.717) is 41.3 Å². The number of rotatable bonds is 6. The fraction of sp³-hybridized carbons (Fsp3) is 0.417. The number of alkyl halides is 3. The third-order valence-electron chi connectivity index (χ3n) is 5.76. The minimum atomic E-state index is -4.79. The third kappa shape index (κ3) is 5.60. The molecule has 2 unspecified atom stereocenters. The lowest BCUT2D eigenvalue weighted by Gasteiger charge is -2.39. The zero-order valence-corrected chi connectivity index (χ0v) is 19.7. The van der Waals surface area contributed by atoms with E-state index in [2.05, 4.69) is 5.32 Å². The van der Waals surface area contributed by atoms with Crippen molar-refractivity contribution in [2.75, 3.05) is 32.3 Å². The summed E-state index contributed by atoms with van der Waals surface area (Å²) >= 11 is 0. The van der Waals surface area contributed by atoms with E-state index in [9.17, 15) is 27.2 Å². The van der Waals surface area contributed by atoms with Crippen LogP contribution >= 0.6 is 0 Å². The first-order chi connectivity index (χ1) is 16.5. The molecule has 0 bridgehead atoms. The highest BCUT2D eigenvalue weighted by molar-refractivity contribution is 5.94. The molecule has 1 heterocycles. The van der Waals surface area contributed by atoms with E-state index in [-0.39, 0.29) is 25.1 Å². The number of nitrogens with one attached hydrogen (secondary N) is 1. The summed E-state index contributed by atoms with van der Waals surface area (Å²) < 4.78 is 68.8. The summed E-state index contributed by atoms with van der Waals surface area (Å²) in [6.45, 7) is 3.71. The van der Waals surface area contributed by atoms with Gasteiger partial charge in [0, 0.05) is 30.1 Å². The number of halogens is 4. The van der Waals surface area contributed by atoms with E-state index in [1.807, 2.05) is 6.92 Å². The maximum absolute atomic E-state index is 13.7. The van der Waals surface area contributed by atoms with Gasteiger partial charge in [-0.3, -0.25) is 9.69 Å². The lowest BCUT2D eigenvalue weighted by Crippen LogP contribution is -2.45. The zero-order valence-electron chi connectivity index (χ0n) is 19.7. The highest BCUT2D eigenvalue weighted by atomic mass is 19.4. The van der Waals surface area contributed by atoms with Crippen molar-refractivity contribution in [3.8, 4) is 11.5 Å². The van der Waals surface area contributed by atoms with E-state index >= 15 is 0 Å². The number of benzene rings is 2. The summed E-state index contributed by atoms with van der Waals surface area (Å²) in [5, 5.41) is 2.59. The predicted octanol–water partition coefficient (Wildman–Crippen LogP) is 5.13. The normalized spacial score (nSPS) is 17.4. The Morgan fingerprint density at radius 1 is 1.09 bits per heavy atom. The molecular weight excluding hydrogens is 472 g/mol. The molecule has 0 fully saturated rings. The Bertz CT molecular complexity index is 1110. The number of ether oxygens (including phenoxy) is 3. The van der Waals surface area contributed by atoms with Crippen molar-refractivity contribution in [1.29, 1.82) is 0 Å². The van der Waals surface area contributed by atoms with Crippen molar-refractivity contribution in [3.05, 3.63) is 52.8 Å². The molecule has 2 atom stereocenters. The van der Waals surface area contributed by atoms with Gasteiger partial charge in [-0.1, -0.05) is 0 Å². The van der Waals surface area contributed by atoms with E-state index in [1.54, 1.807) is 19.1 Å². The monoisotopic (exact) mass is 498 g/mol. The van der Waals surface area contributed by atoms with Gasteiger partial charge in [0.2, 0.25) is 0 Å². The standard InChI is InChI=1S/C24H26F4N2O5/c1-5-35-23(32)30-13(2)6-15(18-10-20(33-3)21(34-4)11-19(18)30)12-29-22(31)14-7-16(24(26,27)28)9-17(25)8-14/h7-11,13,15H,5-6,12H2,1-4H3,(H,29,31). The summed E-state index contributed by atoms with van der Waals surface area (Å²) in [7, 11) is 2.91. The Balaban J connectivity index is 1.92. The van der Waals surface area contributed by atoms with Crippen molar-refractivity contribution in [3.63, 3.8) is 0 Å². The summed E-state index contributed by atoms with van der Waals surface area (Å²) in [5.41, 5.74) is -0.531. The maximum Gasteiger partial charge on any atom is 0.416 e.